The van der Waals surface area contributed by atoms with Crippen molar-refractivity contribution in [2.45, 2.75) is 38.6 Å². The first-order valence-corrected chi connectivity index (χ1v) is 7.54. The zero-order chi connectivity index (χ0) is 14.5. The summed E-state index contributed by atoms with van der Waals surface area (Å²) in [6, 6.07) is 5.31. The maximum absolute atomic E-state index is 12.0. The minimum Gasteiger partial charge on any atom is -0.460 e. The summed E-state index contributed by atoms with van der Waals surface area (Å²) in [7, 11) is 0. The van der Waals surface area contributed by atoms with Gasteiger partial charge in [0.2, 0.25) is 5.76 Å². The molecule has 1 saturated carbocycles. The van der Waals surface area contributed by atoms with Crippen LogP contribution in [0.15, 0.2) is 35.0 Å². The molecule has 0 N–H and O–H groups in total. The number of nitrogens with zero attached hydrogens (tertiary/aromatic N) is 2. The fourth-order valence-corrected chi connectivity index (χ4v) is 2.74. The Morgan fingerprint density at radius 2 is 2.19 bits per heavy atom. The van der Waals surface area contributed by atoms with E-state index >= 15 is 0 Å². The van der Waals surface area contributed by atoms with Gasteiger partial charge in [-0.15, -0.1) is 0 Å². The van der Waals surface area contributed by atoms with Crippen molar-refractivity contribution in [1.29, 1.82) is 0 Å². The number of hydrogen-bond donors (Lipinski definition) is 0. The van der Waals surface area contributed by atoms with E-state index in [-0.39, 0.29) is 11.7 Å². The molecule has 5 heteroatoms. The first-order chi connectivity index (χ1) is 10.3. The lowest BCUT2D eigenvalue weighted by molar-refractivity contribution is 0.0373. The topological polar surface area (TPSA) is 57.3 Å². The van der Waals surface area contributed by atoms with E-state index in [0.717, 1.165) is 12.8 Å². The molecular formula is C16H20N2O3. The van der Waals surface area contributed by atoms with Crippen LogP contribution in [0.2, 0.25) is 0 Å². The fraction of sp³-hybridized carbons (Fsp3) is 0.500. The van der Waals surface area contributed by atoms with Crippen LogP contribution in [0.25, 0.3) is 0 Å². The van der Waals surface area contributed by atoms with Gasteiger partial charge in [-0.25, -0.2) is 4.79 Å². The van der Waals surface area contributed by atoms with Crippen LogP contribution in [0.4, 0.5) is 0 Å². The fourth-order valence-electron chi connectivity index (χ4n) is 2.74. The Labute approximate surface area is 123 Å². The standard InChI is InChI=1S/C16H20N2O3/c19-16(20-12-13-5-2-1-3-6-13)15-8-7-14(21-15)11-18-10-4-9-17-18/h4,7-10,13H,1-3,5-6,11-12H2. The van der Waals surface area contributed by atoms with E-state index in [9.17, 15) is 4.79 Å². The normalized spacial score (nSPS) is 16.0. The van der Waals surface area contributed by atoms with Crippen LogP contribution in [0.3, 0.4) is 0 Å². The van der Waals surface area contributed by atoms with Gasteiger partial charge in [-0.2, -0.15) is 5.10 Å². The lowest BCUT2D eigenvalue weighted by Gasteiger charge is -2.20. The molecule has 0 atom stereocenters. The number of ether oxygens (including phenoxy) is 1. The van der Waals surface area contributed by atoms with Crippen molar-refractivity contribution >= 4 is 5.97 Å². The van der Waals surface area contributed by atoms with Crippen LogP contribution < -0.4 is 0 Å². The minimum absolute atomic E-state index is 0.271. The van der Waals surface area contributed by atoms with Crippen LogP contribution in [0, 0.1) is 5.92 Å². The second-order valence-corrected chi connectivity index (χ2v) is 5.57. The molecule has 0 bridgehead atoms. The quantitative estimate of drug-likeness (QED) is 0.792. The number of hydrogen-bond acceptors (Lipinski definition) is 4. The molecule has 0 saturated heterocycles. The van der Waals surface area contributed by atoms with E-state index in [1.54, 1.807) is 23.0 Å². The lowest BCUT2D eigenvalue weighted by Crippen LogP contribution is -2.16. The van der Waals surface area contributed by atoms with Gasteiger partial charge in [0.25, 0.3) is 0 Å². The van der Waals surface area contributed by atoms with Crippen LogP contribution in [-0.2, 0) is 11.3 Å². The van der Waals surface area contributed by atoms with E-state index in [4.69, 9.17) is 9.15 Å². The third kappa shape index (κ3) is 3.74. The third-order valence-corrected chi connectivity index (χ3v) is 3.91. The summed E-state index contributed by atoms with van der Waals surface area (Å²) in [4.78, 5) is 12.0. The summed E-state index contributed by atoms with van der Waals surface area (Å²) in [6.07, 6.45) is 9.69. The Morgan fingerprint density at radius 3 is 2.95 bits per heavy atom. The SMILES string of the molecule is O=C(OCC1CCCCC1)c1ccc(Cn2cccn2)o1. The molecule has 2 heterocycles. The molecule has 0 spiro atoms. The molecule has 0 radical (unpaired) electrons. The zero-order valence-electron chi connectivity index (χ0n) is 12.0. The van der Waals surface area contributed by atoms with Crippen molar-refractivity contribution in [3.63, 3.8) is 0 Å². The Hall–Kier alpha value is -2.04. The molecule has 1 fully saturated rings. The summed E-state index contributed by atoms with van der Waals surface area (Å²) < 4.78 is 12.6. The average molecular weight is 288 g/mol. The average Bonchev–Trinajstić information content (AvgIpc) is 3.18. The smallest absolute Gasteiger partial charge is 0.374 e. The van der Waals surface area contributed by atoms with Crippen LogP contribution >= 0.6 is 0 Å². The largest absolute Gasteiger partial charge is 0.460 e. The highest BCUT2D eigenvalue weighted by Gasteiger charge is 2.18. The van der Waals surface area contributed by atoms with Crippen LogP contribution in [-0.4, -0.2) is 22.4 Å². The van der Waals surface area contributed by atoms with Gasteiger partial charge in [0.05, 0.1) is 13.2 Å². The Morgan fingerprint density at radius 1 is 1.33 bits per heavy atom. The summed E-state index contributed by atoms with van der Waals surface area (Å²) in [5.41, 5.74) is 0. The van der Waals surface area contributed by atoms with Gasteiger partial charge < -0.3 is 9.15 Å². The van der Waals surface area contributed by atoms with Crippen molar-refractivity contribution in [3.8, 4) is 0 Å². The molecule has 0 amide bonds. The minimum atomic E-state index is -0.368. The molecule has 0 unspecified atom stereocenters. The molecule has 3 rings (SSSR count). The maximum Gasteiger partial charge on any atom is 0.374 e. The number of carbonyl (C=O) groups excluding carboxylic acids is 1. The van der Waals surface area contributed by atoms with E-state index in [2.05, 4.69) is 5.10 Å². The molecule has 5 nitrogen and oxygen atoms in total. The number of esters is 1. The van der Waals surface area contributed by atoms with Crippen molar-refractivity contribution in [2.24, 2.45) is 5.92 Å². The molecule has 0 aliphatic heterocycles. The molecule has 21 heavy (non-hydrogen) atoms. The first-order valence-electron chi connectivity index (χ1n) is 7.54. The van der Waals surface area contributed by atoms with Crippen molar-refractivity contribution in [1.82, 2.24) is 9.78 Å². The zero-order valence-corrected chi connectivity index (χ0v) is 12.0. The summed E-state index contributed by atoms with van der Waals surface area (Å²) in [6.45, 7) is 1.02. The van der Waals surface area contributed by atoms with Gasteiger partial charge in [-0.3, -0.25) is 4.68 Å². The van der Waals surface area contributed by atoms with Crippen molar-refractivity contribution < 1.29 is 13.9 Å². The summed E-state index contributed by atoms with van der Waals surface area (Å²) >= 11 is 0. The maximum atomic E-state index is 12.0. The molecule has 0 aromatic carbocycles. The Kier molecular flexibility index (Phi) is 4.38. The lowest BCUT2D eigenvalue weighted by atomic mass is 9.90. The van der Waals surface area contributed by atoms with Gasteiger partial charge in [0.15, 0.2) is 0 Å². The molecule has 2 aromatic heterocycles. The number of carbonyl (C=O) groups is 1. The van der Waals surface area contributed by atoms with E-state index in [1.807, 2.05) is 12.3 Å². The van der Waals surface area contributed by atoms with Gasteiger partial charge in [0.1, 0.15) is 5.76 Å². The summed E-state index contributed by atoms with van der Waals surface area (Å²) in [5.74, 6) is 1.12. The Bertz CT molecular complexity index is 568. The van der Waals surface area contributed by atoms with Gasteiger partial charge in [-0.05, 0) is 37.0 Å². The van der Waals surface area contributed by atoms with Crippen molar-refractivity contribution in [2.75, 3.05) is 6.61 Å². The van der Waals surface area contributed by atoms with E-state index in [0.29, 0.717) is 24.8 Å². The molecule has 1 aliphatic carbocycles. The predicted octanol–water partition coefficient (Wildman–Crippen LogP) is 3.26. The highest BCUT2D eigenvalue weighted by atomic mass is 16.5. The second-order valence-electron chi connectivity index (χ2n) is 5.57. The summed E-state index contributed by atoms with van der Waals surface area (Å²) in [5, 5.41) is 4.10. The van der Waals surface area contributed by atoms with E-state index in [1.165, 1.54) is 19.3 Å². The van der Waals surface area contributed by atoms with Gasteiger partial charge >= 0.3 is 5.97 Å². The Balaban J connectivity index is 1.51. The predicted molar refractivity (Wildman–Crippen MR) is 76.9 cm³/mol. The molecule has 112 valence electrons. The molecular weight excluding hydrogens is 268 g/mol. The highest BCUT2D eigenvalue weighted by Crippen LogP contribution is 2.24. The number of rotatable bonds is 5. The highest BCUT2D eigenvalue weighted by molar-refractivity contribution is 5.86. The first kappa shape index (κ1) is 13.9. The second kappa shape index (κ2) is 6.61. The van der Waals surface area contributed by atoms with Crippen LogP contribution in [0.5, 0.6) is 0 Å². The number of aromatic nitrogens is 2. The third-order valence-electron chi connectivity index (χ3n) is 3.91. The van der Waals surface area contributed by atoms with E-state index < -0.39 is 0 Å². The van der Waals surface area contributed by atoms with Gasteiger partial charge in [0, 0.05) is 12.4 Å². The van der Waals surface area contributed by atoms with Gasteiger partial charge in [-0.1, -0.05) is 19.3 Å². The molecule has 1 aliphatic rings. The monoisotopic (exact) mass is 288 g/mol. The molecule has 2 aromatic rings. The van der Waals surface area contributed by atoms with Crippen molar-refractivity contribution in [3.05, 3.63) is 42.1 Å². The van der Waals surface area contributed by atoms with Crippen LogP contribution in [0.1, 0.15) is 48.4 Å². The number of furan rings is 1.